The number of aliphatic hydroxyl groups excluding tert-OH is 1. The number of imidazole rings is 1. The van der Waals surface area contributed by atoms with Gasteiger partial charge in [-0.3, -0.25) is 4.57 Å². The number of amides is 1. The highest BCUT2D eigenvalue weighted by molar-refractivity contribution is 6.28. The van der Waals surface area contributed by atoms with Gasteiger partial charge in [0.15, 0.2) is 23.2 Å². The van der Waals surface area contributed by atoms with E-state index in [1.807, 2.05) is 6.92 Å². The van der Waals surface area contributed by atoms with Crippen molar-refractivity contribution in [2.45, 2.75) is 56.8 Å². The number of hydrogen-bond acceptors (Lipinski definition) is 10. The van der Waals surface area contributed by atoms with E-state index in [0.29, 0.717) is 36.7 Å². The van der Waals surface area contributed by atoms with E-state index in [1.54, 1.807) is 0 Å². The van der Waals surface area contributed by atoms with Crippen LogP contribution in [0, 0.1) is 0 Å². The highest BCUT2D eigenvalue weighted by atomic mass is 35.5. The predicted octanol–water partition coefficient (Wildman–Crippen LogP) is 0.826. The SMILES string of the molecule is CCCNC(=O)OC[C@H]1O[C@@H](n2cnc3c(N[C@@H]4CCOC4)nc(Cl)nc32)[C@](C)(O)[C@@H]1O. The fraction of sp³-hybridized carbons (Fsp3) is 0.684. The van der Waals surface area contributed by atoms with Crippen LogP contribution in [0.3, 0.4) is 0 Å². The summed E-state index contributed by atoms with van der Waals surface area (Å²) in [5.74, 6) is 0.444. The molecule has 2 aliphatic rings. The van der Waals surface area contributed by atoms with Crippen LogP contribution >= 0.6 is 11.6 Å². The van der Waals surface area contributed by atoms with Gasteiger partial charge in [-0.2, -0.15) is 9.97 Å². The fourth-order valence-electron chi connectivity index (χ4n) is 3.82. The molecule has 4 rings (SSSR count). The lowest BCUT2D eigenvalue weighted by Crippen LogP contribution is -2.44. The third kappa shape index (κ3) is 4.46. The van der Waals surface area contributed by atoms with Gasteiger partial charge in [0, 0.05) is 13.2 Å². The molecule has 4 heterocycles. The molecule has 0 aliphatic carbocycles. The molecule has 2 fully saturated rings. The molecular formula is C19H27ClN6O6. The molecule has 0 spiro atoms. The van der Waals surface area contributed by atoms with Gasteiger partial charge >= 0.3 is 6.09 Å². The minimum absolute atomic E-state index is 0.00803. The Balaban J connectivity index is 1.56. The Morgan fingerprint density at radius 1 is 1.47 bits per heavy atom. The number of carbonyl (C=O) groups is 1. The number of aliphatic hydroxyl groups is 2. The highest BCUT2D eigenvalue weighted by Crippen LogP contribution is 2.40. The zero-order chi connectivity index (χ0) is 22.9. The van der Waals surface area contributed by atoms with E-state index in [0.717, 1.165) is 12.8 Å². The van der Waals surface area contributed by atoms with Crippen molar-refractivity contribution in [2.75, 3.05) is 31.7 Å². The Kier molecular flexibility index (Phi) is 6.67. The molecule has 1 amide bonds. The first kappa shape index (κ1) is 22.9. The molecule has 2 aromatic rings. The number of rotatable bonds is 7. The number of aromatic nitrogens is 4. The smallest absolute Gasteiger partial charge is 0.407 e. The average molecular weight is 471 g/mol. The molecule has 12 nitrogen and oxygen atoms in total. The second kappa shape index (κ2) is 9.32. The van der Waals surface area contributed by atoms with Crippen molar-refractivity contribution in [2.24, 2.45) is 0 Å². The second-order valence-corrected chi connectivity index (χ2v) is 8.43. The molecule has 2 saturated heterocycles. The van der Waals surface area contributed by atoms with Gasteiger partial charge in [0.25, 0.3) is 0 Å². The molecule has 32 heavy (non-hydrogen) atoms. The third-order valence-electron chi connectivity index (χ3n) is 5.57. The molecule has 0 bridgehead atoms. The standard InChI is InChI=1S/C19H27ClN6O6/c1-3-5-21-18(28)31-8-11-13(27)19(2,29)16(32-11)26-9-22-12-14(23-10-4-6-30-7-10)24-17(20)25-15(12)26/h9-11,13,16,27,29H,3-8H2,1-2H3,(H,21,28)(H,23,24,25)/t10-,11-,13-,16-,19-/m1/s1. The zero-order valence-electron chi connectivity index (χ0n) is 17.8. The van der Waals surface area contributed by atoms with E-state index in [2.05, 4.69) is 25.6 Å². The second-order valence-electron chi connectivity index (χ2n) is 8.09. The van der Waals surface area contributed by atoms with Crippen LogP contribution in [-0.4, -0.2) is 86.0 Å². The molecule has 5 atom stereocenters. The van der Waals surface area contributed by atoms with Crippen LogP contribution in [0.25, 0.3) is 11.2 Å². The van der Waals surface area contributed by atoms with E-state index in [-0.39, 0.29) is 17.9 Å². The van der Waals surface area contributed by atoms with E-state index in [1.165, 1.54) is 17.8 Å². The van der Waals surface area contributed by atoms with E-state index in [9.17, 15) is 15.0 Å². The lowest BCUT2D eigenvalue weighted by atomic mass is 9.96. The quantitative estimate of drug-likeness (QED) is 0.428. The number of fused-ring (bicyclic) bond motifs is 1. The summed E-state index contributed by atoms with van der Waals surface area (Å²) in [7, 11) is 0. The number of halogens is 1. The average Bonchev–Trinajstić information content (AvgIpc) is 3.45. The number of nitrogens with one attached hydrogen (secondary N) is 2. The minimum Gasteiger partial charge on any atom is -0.447 e. The number of nitrogens with zero attached hydrogens (tertiary/aromatic N) is 4. The van der Waals surface area contributed by atoms with Crippen LogP contribution in [0.5, 0.6) is 0 Å². The van der Waals surface area contributed by atoms with Gasteiger partial charge in [-0.1, -0.05) is 6.92 Å². The summed E-state index contributed by atoms with van der Waals surface area (Å²) in [6.45, 7) is 4.79. The van der Waals surface area contributed by atoms with Gasteiger partial charge in [0.2, 0.25) is 5.28 Å². The Hall–Kier alpha value is -2.25. The van der Waals surface area contributed by atoms with Crippen molar-refractivity contribution in [1.82, 2.24) is 24.8 Å². The maximum Gasteiger partial charge on any atom is 0.407 e. The van der Waals surface area contributed by atoms with Gasteiger partial charge in [-0.15, -0.1) is 0 Å². The van der Waals surface area contributed by atoms with Crippen LogP contribution in [0.15, 0.2) is 6.33 Å². The van der Waals surface area contributed by atoms with Crippen molar-refractivity contribution in [3.05, 3.63) is 11.6 Å². The molecule has 176 valence electrons. The van der Waals surface area contributed by atoms with Crippen LogP contribution < -0.4 is 10.6 Å². The van der Waals surface area contributed by atoms with E-state index >= 15 is 0 Å². The summed E-state index contributed by atoms with van der Waals surface area (Å²) < 4.78 is 17.9. The Morgan fingerprint density at radius 2 is 2.28 bits per heavy atom. The zero-order valence-corrected chi connectivity index (χ0v) is 18.6. The minimum atomic E-state index is -1.72. The molecule has 2 aromatic heterocycles. The Labute approximate surface area is 189 Å². The van der Waals surface area contributed by atoms with E-state index in [4.69, 9.17) is 25.8 Å². The largest absolute Gasteiger partial charge is 0.447 e. The lowest BCUT2D eigenvalue weighted by Gasteiger charge is -2.27. The summed E-state index contributed by atoms with van der Waals surface area (Å²) in [6, 6.07) is 0.0716. The third-order valence-corrected chi connectivity index (χ3v) is 5.74. The van der Waals surface area contributed by atoms with Crippen LogP contribution in [-0.2, 0) is 14.2 Å². The fourth-order valence-corrected chi connectivity index (χ4v) is 3.98. The number of hydrogen-bond donors (Lipinski definition) is 4. The molecule has 0 radical (unpaired) electrons. The first-order valence-electron chi connectivity index (χ1n) is 10.5. The topological polar surface area (TPSA) is 153 Å². The summed E-state index contributed by atoms with van der Waals surface area (Å²) in [4.78, 5) is 24.6. The number of anilines is 1. The summed E-state index contributed by atoms with van der Waals surface area (Å²) in [5, 5.41) is 27.5. The van der Waals surface area contributed by atoms with Gasteiger partial charge < -0.3 is 35.1 Å². The highest BCUT2D eigenvalue weighted by Gasteiger charge is 2.54. The van der Waals surface area contributed by atoms with Gasteiger partial charge in [-0.25, -0.2) is 9.78 Å². The first-order chi connectivity index (χ1) is 15.3. The molecular weight excluding hydrogens is 444 g/mol. The molecule has 0 aromatic carbocycles. The predicted molar refractivity (Wildman–Crippen MR) is 113 cm³/mol. The van der Waals surface area contributed by atoms with E-state index < -0.39 is 30.1 Å². The maximum absolute atomic E-state index is 11.7. The normalized spacial score (nSPS) is 30.0. The number of ether oxygens (including phenoxy) is 3. The van der Waals surface area contributed by atoms with Gasteiger partial charge in [0.05, 0.1) is 19.0 Å². The Morgan fingerprint density at radius 3 is 3.00 bits per heavy atom. The molecule has 2 aliphatic heterocycles. The van der Waals surface area contributed by atoms with Crippen molar-refractivity contribution in [1.29, 1.82) is 0 Å². The summed E-state index contributed by atoms with van der Waals surface area (Å²) in [5.41, 5.74) is -0.953. The van der Waals surface area contributed by atoms with Crippen molar-refractivity contribution in [3.8, 4) is 0 Å². The van der Waals surface area contributed by atoms with Crippen LogP contribution in [0.1, 0.15) is 32.9 Å². The van der Waals surface area contributed by atoms with Crippen molar-refractivity contribution >= 4 is 34.7 Å². The van der Waals surface area contributed by atoms with Gasteiger partial charge in [-0.05, 0) is 31.4 Å². The first-order valence-corrected chi connectivity index (χ1v) is 10.9. The Bertz CT molecular complexity index is 965. The van der Waals surface area contributed by atoms with Crippen LogP contribution in [0.4, 0.5) is 10.6 Å². The number of carbonyl (C=O) groups excluding carboxylic acids is 1. The maximum atomic E-state index is 11.7. The monoisotopic (exact) mass is 470 g/mol. The molecule has 13 heteroatoms. The summed E-state index contributed by atoms with van der Waals surface area (Å²) >= 11 is 6.15. The molecule has 4 N–H and O–H groups in total. The van der Waals surface area contributed by atoms with Gasteiger partial charge in [0.1, 0.15) is 24.4 Å². The lowest BCUT2D eigenvalue weighted by molar-refractivity contribution is -0.0951. The van der Waals surface area contributed by atoms with Crippen LogP contribution in [0.2, 0.25) is 5.28 Å². The summed E-state index contributed by atoms with van der Waals surface area (Å²) in [6.07, 6.45) is -0.927. The molecule has 0 unspecified atom stereocenters. The van der Waals surface area contributed by atoms with Crippen molar-refractivity contribution in [3.63, 3.8) is 0 Å². The number of alkyl carbamates (subject to hydrolysis) is 1. The van der Waals surface area contributed by atoms with Crippen molar-refractivity contribution < 1.29 is 29.2 Å². The molecule has 0 saturated carbocycles.